The SMILES string of the molecule is C[C@H]1CC[C@]2(CO2)[C@H]2CN1C(=O)c1c(OCc3ccccc3)c(=O)c(C(=O)NCc3ccc(F)cc3F)cn12. The molecule has 8 nitrogen and oxygen atoms in total. The molecule has 2 fully saturated rings. The highest BCUT2D eigenvalue weighted by atomic mass is 19.1. The van der Waals surface area contributed by atoms with Gasteiger partial charge in [0.15, 0.2) is 11.4 Å². The third-order valence-corrected chi connectivity index (χ3v) is 7.93. The molecule has 3 aliphatic heterocycles. The number of pyridine rings is 1. The number of aromatic nitrogens is 1. The summed E-state index contributed by atoms with van der Waals surface area (Å²) in [6, 6.07) is 11.9. The average Bonchev–Trinajstić information content (AvgIpc) is 3.73. The molecule has 1 aromatic heterocycles. The highest BCUT2D eigenvalue weighted by molar-refractivity contribution is 5.99. The summed E-state index contributed by atoms with van der Waals surface area (Å²) in [5, 5.41) is 2.55. The molecule has 2 amide bonds. The number of nitrogens with zero attached hydrogens (tertiary/aromatic N) is 2. The Bertz CT molecular complexity index is 1520. The largest absolute Gasteiger partial charge is 0.483 e. The third kappa shape index (κ3) is 4.48. The van der Waals surface area contributed by atoms with Gasteiger partial charge in [-0.05, 0) is 31.4 Å². The van der Waals surface area contributed by atoms with Crippen LogP contribution in [0.2, 0.25) is 0 Å². The van der Waals surface area contributed by atoms with E-state index in [1.165, 1.54) is 12.3 Å². The zero-order chi connectivity index (χ0) is 27.3. The first-order valence-electron chi connectivity index (χ1n) is 12.9. The number of rotatable bonds is 6. The molecule has 10 heteroatoms. The van der Waals surface area contributed by atoms with Crippen molar-refractivity contribution in [1.29, 1.82) is 0 Å². The van der Waals surface area contributed by atoms with Crippen molar-refractivity contribution in [2.24, 2.45) is 0 Å². The number of amides is 2. The van der Waals surface area contributed by atoms with Crippen LogP contribution < -0.4 is 15.5 Å². The van der Waals surface area contributed by atoms with Gasteiger partial charge < -0.3 is 24.3 Å². The van der Waals surface area contributed by atoms with Gasteiger partial charge >= 0.3 is 0 Å². The molecule has 2 bridgehead atoms. The van der Waals surface area contributed by atoms with Gasteiger partial charge in [0.25, 0.3) is 11.8 Å². The van der Waals surface area contributed by atoms with Crippen molar-refractivity contribution < 1.29 is 27.8 Å². The van der Waals surface area contributed by atoms with Crippen molar-refractivity contribution in [2.75, 3.05) is 13.2 Å². The number of carbonyl (C=O) groups excluding carboxylic acids is 2. The second-order valence-corrected chi connectivity index (χ2v) is 10.4. The smallest absolute Gasteiger partial charge is 0.274 e. The van der Waals surface area contributed by atoms with Crippen LogP contribution >= 0.6 is 0 Å². The van der Waals surface area contributed by atoms with Crippen LogP contribution in [-0.2, 0) is 17.9 Å². The van der Waals surface area contributed by atoms with Gasteiger partial charge in [0.1, 0.15) is 29.4 Å². The Morgan fingerprint density at radius 2 is 1.95 bits per heavy atom. The molecule has 1 spiro atoms. The molecular weight excluding hydrogens is 508 g/mol. The zero-order valence-corrected chi connectivity index (χ0v) is 21.3. The van der Waals surface area contributed by atoms with Crippen LogP contribution in [0.1, 0.15) is 57.8 Å². The highest BCUT2D eigenvalue weighted by Crippen LogP contribution is 2.48. The first-order chi connectivity index (χ1) is 18.8. The number of hydrogen-bond donors (Lipinski definition) is 1. The summed E-state index contributed by atoms with van der Waals surface area (Å²) < 4.78 is 41.0. The van der Waals surface area contributed by atoms with Crippen LogP contribution in [0.15, 0.2) is 59.5 Å². The lowest BCUT2D eigenvalue weighted by Gasteiger charge is -2.38. The van der Waals surface area contributed by atoms with Crippen molar-refractivity contribution in [3.63, 3.8) is 0 Å². The lowest BCUT2D eigenvalue weighted by molar-refractivity contribution is 0.0570. The molecule has 0 unspecified atom stereocenters. The predicted molar refractivity (Wildman–Crippen MR) is 136 cm³/mol. The zero-order valence-electron chi connectivity index (χ0n) is 21.3. The van der Waals surface area contributed by atoms with E-state index in [0.717, 1.165) is 30.5 Å². The van der Waals surface area contributed by atoms with Gasteiger partial charge in [0, 0.05) is 37.0 Å². The summed E-state index contributed by atoms with van der Waals surface area (Å²) in [5.41, 5.74) is -0.516. The normalized spacial score (nSPS) is 23.3. The van der Waals surface area contributed by atoms with Crippen LogP contribution in [-0.4, -0.2) is 46.1 Å². The summed E-state index contributed by atoms with van der Waals surface area (Å²) in [6.45, 7) is 2.64. The van der Waals surface area contributed by atoms with Crippen LogP contribution in [0.4, 0.5) is 8.78 Å². The topological polar surface area (TPSA) is 93.2 Å². The van der Waals surface area contributed by atoms with E-state index < -0.39 is 28.6 Å². The fourth-order valence-corrected chi connectivity index (χ4v) is 5.52. The van der Waals surface area contributed by atoms with E-state index in [0.29, 0.717) is 13.2 Å². The van der Waals surface area contributed by atoms with Crippen LogP contribution in [0.3, 0.4) is 0 Å². The van der Waals surface area contributed by atoms with E-state index in [4.69, 9.17) is 9.47 Å². The highest BCUT2D eigenvalue weighted by Gasteiger charge is 2.57. The second-order valence-electron chi connectivity index (χ2n) is 10.4. The fraction of sp³-hybridized carbons (Fsp3) is 0.345. The van der Waals surface area contributed by atoms with Crippen molar-refractivity contribution >= 4 is 11.8 Å². The van der Waals surface area contributed by atoms with E-state index >= 15 is 0 Å². The molecule has 2 saturated heterocycles. The summed E-state index contributed by atoms with van der Waals surface area (Å²) in [4.78, 5) is 42.5. The number of nitrogens with one attached hydrogen (secondary N) is 1. The minimum Gasteiger partial charge on any atom is -0.483 e. The Kier molecular flexibility index (Phi) is 6.22. The summed E-state index contributed by atoms with van der Waals surface area (Å²) >= 11 is 0. The molecule has 39 heavy (non-hydrogen) atoms. The minimum absolute atomic E-state index is 0.0179. The average molecular weight is 536 g/mol. The first-order valence-corrected chi connectivity index (χ1v) is 12.9. The lowest BCUT2D eigenvalue weighted by Crippen LogP contribution is -2.50. The molecule has 3 aromatic rings. The molecule has 202 valence electrons. The maximum Gasteiger partial charge on any atom is 0.274 e. The van der Waals surface area contributed by atoms with Crippen molar-refractivity contribution in [3.8, 4) is 5.75 Å². The molecule has 6 rings (SSSR count). The number of fused-ring (bicyclic) bond motifs is 5. The van der Waals surface area contributed by atoms with E-state index in [-0.39, 0.29) is 53.7 Å². The fourth-order valence-electron chi connectivity index (χ4n) is 5.52. The van der Waals surface area contributed by atoms with E-state index in [1.54, 1.807) is 9.47 Å². The second kappa shape index (κ2) is 9.60. The molecule has 1 N–H and O–H groups in total. The monoisotopic (exact) mass is 535 g/mol. The molecule has 0 saturated carbocycles. The number of epoxide rings is 1. The summed E-state index contributed by atoms with van der Waals surface area (Å²) in [5.74, 6) is -2.84. The lowest BCUT2D eigenvalue weighted by atomic mass is 9.94. The molecule has 0 aliphatic carbocycles. The Morgan fingerprint density at radius 1 is 1.18 bits per heavy atom. The van der Waals surface area contributed by atoms with Crippen LogP contribution in [0.5, 0.6) is 5.75 Å². The maximum atomic E-state index is 14.1. The summed E-state index contributed by atoms with van der Waals surface area (Å²) in [6.07, 6.45) is 2.88. The number of halogens is 2. The Balaban J connectivity index is 1.42. The van der Waals surface area contributed by atoms with Crippen molar-refractivity contribution in [1.82, 2.24) is 14.8 Å². The predicted octanol–water partition coefficient (Wildman–Crippen LogP) is 3.58. The van der Waals surface area contributed by atoms with Gasteiger partial charge in [-0.3, -0.25) is 14.4 Å². The van der Waals surface area contributed by atoms with Gasteiger partial charge in [-0.1, -0.05) is 36.4 Å². The van der Waals surface area contributed by atoms with E-state index in [1.807, 2.05) is 37.3 Å². The number of ether oxygens (including phenoxy) is 2. The molecular formula is C29H27F2N3O5. The summed E-state index contributed by atoms with van der Waals surface area (Å²) in [7, 11) is 0. The van der Waals surface area contributed by atoms with Crippen LogP contribution in [0, 0.1) is 11.6 Å². The molecule has 0 radical (unpaired) electrons. The minimum atomic E-state index is -0.810. The maximum absolute atomic E-state index is 14.1. The Labute approximate surface area is 223 Å². The molecule has 3 atom stereocenters. The Hall–Kier alpha value is -4.05. The number of hydrogen-bond acceptors (Lipinski definition) is 5. The van der Waals surface area contributed by atoms with Crippen LogP contribution in [0.25, 0.3) is 0 Å². The first kappa shape index (κ1) is 25.2. The van der Waals surface area contributed by atoms with E-state index in [9.17, 15) is 23.2 Å². The van der Waals surface area contributed by atoms with E-state index in [2.05, 4.69) is 5.32 Å². The van der Waals surface area contributed by atoms with Gasteiger partial charge in [-0.2, -0.15) is 0 Å². The van der Waals surface area contributed by atoms with Crippen molar-refractivity contribution in [2.45, 2.75) is 50.6 Å². The standard InChI is InChI=1S/C29H27F2N3O5/c1-17-9-10-29(16-39-29)23-14-33(17)28(37)24-26(38-15-18-5-3-2-4-6-18)25(35)21(13-34(23)24)27(36)32-12-19-7-8-20(30)11-22(19)31/h2-8,11,13,17,23H,9-10,12,14-16H2,1H3,(H,32,36)/t17-,23+,29-/m0/s1. The van der Waals surface area contributed by atoms with Gasteiger partial charge in [-0.15, -0.1) is 0 Å². The van der Waals surface area contributed by atoms with Gasteiger partial charge in [-0.25, -0.2) is 8.78 Å². The third-order valence-electron chi connectivity index (χ3n) is 7.93. The van der Waals surface area contributed by atoms with Crippen molar-refractivity contribution in [3.05, 3.63) is 99.0 Å². The number of benzene rings is 2. The molecule has 3 aliphatic rings. The number of carbonyl (C=O) groups is 2. The molecule has 2 aromatic carbocycles. The Morgan fingerprint density at radius 3 is 2.67 bits per heavy atom. The van der Waals surface area contributed by atoms with Gasteiger partial charge in [0.2, 0.25) is 5.43 Å². The molecule has 4 heterocycles. The van der Waals surface area contributed by atoms with Gasteiger partial charge in [0.05, 0.1) is 12.6 Å². The quantitative estimate of drug-likeness (QED) is 0.487.